The molecule has 3 N–H and O–H groups in total. The molecule has 4 heteroatoms. The van der Waals surface area contributed by atoms with Gasteiger partial charge < -0.3 is 5.73 Å². The SMILES string of the molecule is CC(N)c1n[nH]c(C2CCC(C(C)(C)C)CC2)n1. The molecule has 1 atom stereocenters. The summed E-state index contributed by atoms with van der Waals surface area (Å²) in [6.07, 6.45) is 5.02. The molecule has 1 aliphatic carbocycles. The van der Waals surface area contributed by atoms with Gasteiger partial charge in [-0.1, -0.05) is 20.8 Å². The second-order valence-corrected chi connectivity index (χ2v) is 6.78. The molecule has 1 fully saturated rings. The normalized spacial score (nSPS) is 27.2. The lowest BCUT2D eigenvalue weighted by molar-refractivity contribution is 0.167. The van der Waals surface area contributed by atoms with E-state index in [1.807, 2.05) is 6.92 Å². The van der Waals surface area contributed by atoms with Crippen molar-refractivity contribution in [2.45, 2.75) is 65.3 Å². The molecule has 2 rings (SSSR count). The number of nitrogens with two attached hydrogens (primary N) is 1. The number of rotatable bonds is 2. The monoisotopic (exact) mass is 250 g/mol. The molecule has 0 amide bonds. The Bertz CT molecular complexity index is 381. The quantitative estimate of drug-likeness (QED) is 0.847. The maximum atomic E-state index is 5.79. The highest BCUT2D eigenvalue weighted by molar-refractivity contribution is 5.02. The minimum Gasteiger partial charge on any atom is -0.321 e. The maximum absolute atomic E-state index is 5.79. The second-order valence-electron chi connectivity index (χ2n) is 6.78. The zero-order chi connectivity index (χ0) is 13.3. The lowest BCUT2D eigenvalue weighted by Crippen LogP contribution is -2.25. The van der Waals surface area contributed by atoms with Crippen molar-refractivity contribution in [1.29, 1.82) is 0 Å². The number of hydrogen-bond acceptors (Lipinski definition) is 3. The molecule has 0 aromatic carbocycles. The third kappa shape index (κ3) is 2.91. The van der Waals surface area contributed by atoms with Crippen LogP contribution in [0.1, 0.15) is 77.0 Å². The summed E-state index contributed by atoms with van der Waals surface area (Å²) in [6, 6.07) is -0.0825. The summed E-state index contributed by atoms with van der Waals surface area (Å²) >= 11 is 0. The fourth-order valence-electron chi connectivity index (χ4n) is 2.91. The van der Waals surface area contributed by atoms with Crippen molar-refractivity contribution >= 4 is 0 Å². The van der Waals surface area contributed by atoms with Gasteiger partial charge in [0, 0.05) is 5.92 Å². The van der Waals surface area contributed by atoms with Crippen molar-refractivity contribution in [3.63, 3.8) is 0 Å². The van der Waals surface area contributed by atoms with Gasteiger partial charge in [0.1, 0.15) is 5.82 Å². The summed E-state index contributed by atoms with van der Waals surface area (Å²) in [5.41, 5.74) is 6.22. The highest BCUT2D eigenvalue weighted by atomic mass is 15.2. The summed E-state index contributed by atoms with van der Waals surface area (Å²) in [5.74, 6) is 3.16. The molecule has 1 aromatic heterocycles. The molecular formula is C14H26N4. The van der Waals surface area contributed by atoms with Crippen LogP contribution < -0.4 is 5.73 Å². The Morgan fingerprint density at radius 2 is 1.83 bits per heavy atom. The fraction of sp³-hybridized carbons (Fsp3) is 0.857. The largest absolute Gasteiger partial charge is 0.321 e. The summed E-state index contributed by atoms with van der Waals surface area (Å²) in [7, 11) is 0. The van der Waals surface area contributed by atoms with Gasteiger partial charge in [0.2, 0.25) is 0 Å². The molecule has 1 heterocycles. The second kappa shape index (κ2) is 5.00. The van der Waals surface area contributed by atoms with Crippen LogP contribution in [0.5, 0.6) is 0 Å². The van der Waals surface area contributed by atoms with Crippen molar-refractivity contribution in [3.05, 3.63) is 11.6 Å². The molecule has 0 radical (unpaired) electrons. The van der Waals surface area contributed by atoms with Crippen molar-refractivity contribution < 1.29 is 0 Å². The first-order valence-corrected chi connectivity index (χ1v) is 7.05. The van der Waals surface area contributed by atoms with Crippen LogP contribution in [0, 0.1) is 11.3 Å². The first kappa shape index (κ1) is 13.5. The minimum atomic E-state index is -0.0825. The van der Waals surface area contributed by atoms with Gasteiger partial charge >= 0.3 is 0 Å². The average molecular weight is 250 g/mol. The molecule has 1 unspecified atom stereocenters. The molecule has 1 aromatic rings. The molecule has 0 spiro atoms. The fourth-order valence-corrected chi connectivity index (χ4v) is 2.91. The predicted molar refractivity (Wildman–Crippen MR) is 73.1 cm³/mol. The van der Waals surface area contributed by atoms with Crippen LogP contribution in [-0.2, 0) is 0 Å². The van der Waals surface area contributed by atoms with E-state index in [0.717, 1.165) is 17.6 Å². The number of nitrogens with zero attached hydrogens (tertiary/aromatic N) is 2. The first-order valence-electron chi connectivity index (χ1n) is 7.05. The molecule has 0 saturated heterocycles. The van der Waals surface area contributed by atoms with Gasteiger partial charge in [0.25, 0.3) is 0 Å². The highest BCUT2D eigenvalue weighted by Crippen LogP contribution is 2.42. The number of hydrogen-bond donors (Lipinski definition) is 2. The van der Waals surface area contributed by atoms with E-state index in [1.54, 1.807) is 0 Å². The Morgan fingerprint density at radius 3 is 2.28 bits per heavy atom. The molecule has 0 aliphatic heterocycles. The van der Waals surface area contributed by atoms with Gasteiger partial charge in [0.15, 0.2) is 5.82 Å². The Morgan fingerprint density at radius 1 is 1.22 bits per heavy atom. The average Bonchev–Trinajstić information content (AvgIpc) is 2.77. The number of aromatic amines is 1. The van der Waals surface area contributed by atoms with E-state index in [2.05, 4.69) is 36.0 Å². The Kier molecular flexibility index (Phi) is 3.76. The molecule has 0 bridgehead atoms. The number of nitrogens with one attached hydrogen (secondary N) is 1. The summed E-state index contributed by atoms with van der Waals surface area (Å²) in [5, 5.41) is 7.27. The molecular weight excluding hydrogens is 224 g/mol. The van der Waals surface area contributed by atoms with Crippen LogP contribution in [0.4, 0.5) is 0 Å². The molecule has 18 heavy (non-hydrogen) atoms. The van der Waals surface area contributed by atoms with Crippen molar-refractivity contribution in [2.75, 3.05) is 0 Å². The van der Waals surface area contributed by atoms with E-state index in [-0.39, 0.29) is 6.04 Å². The smallest absolute Gasteiger partial charge is 0.167 e. The number of H-pyrrole nitrogens is 1. The van der Waals surface area contributed by atoms with Gasteiger partial charge in [0.05, 0.1) is 6.04 Å². The van der Waals surface area contributed by atoms with Crippen LogP contribution in [0.25, 0.3) is 0 Å². The zero-order valence-electron chi connectivity index (χ0n) is 12.0. The maximum Gasteiger partial charge on any atom is 0.167 e. The Balaban J connectivity index is 1.97. The van der Waals surface area contributed by atoms with Gasteiger partial charge in [-0.2, -0.15) is 5.10 Å². The van der Waals surface area contributed by atoms with Gasteiger partial charge in [-0.25, -0.2) is 4.98 Å². The van der Waals surface area contributed by atoms with Crippen LogP contribution in [0.3, 0.4) is 0 Å². The van der Waals surface area contributed by atoms with E-state index in [0.29, 0.717) is 11.3 Å². The molecule has 102 valence electrons. The minimum absolute atomic E-state index is 0.0825. The van der Waals surface area contributed by atoms with Crippen LogP contribution in [0.15, 0.2) is 0 Å². The lowest BCUT2D eigenvalue weighted by atomic mass is 9.70. The van der Waals surface area contributed by atoms with Gasteiger partial charge in [-0.15, -0.1) is 0 Å². The van der Waals surface area contributed by atoms with Crippen molar-refractivity contribution in [3.8, 4) is 0 Å². The lowest BCUT2D eigenvalue weighted by Gasteiger charge is -2.36. The topological polar surface area (TPSA) is 67.6 Å². The Labute approximate surface area is 110 Å². The molecule has 1 aliphatic rings. The third-order valence-corrected chi connectivity index (χ3v) is 4.27. The van der Waals surface area contributed by atoms with E-state index in [4.69, 9.17) is 5.73 Å². The standard InChI is InChI=1S/C14H26N4/c1-9(15)12-16-13(18-17-12)10-5-7-11(8-6-10)14(2,3)4/h9-11H,5-8,15H2,1-4H3,(H,16,17,18). The summed E-state index contributed by atoms with van der Waals surface area (Å²) in [6.45, 7) is 8.96. The van der Waals surface area contributed by atoms with E-state index < -0.39 is 0 Å². The Hall–Kier alpha value is -0.900. The van der Waals surface area contributed by atoms with Gasteiger partial charge in [-0.3, -0.25) is 5.10 Å². The summed E-state index contributed by atoms with van der Waals surface area (Å²) < 4.78 is 0. The summed E-state index contributed by atoms with van der Waals surface area (Å²) in [4.78, 5) is 4.53. The third-order valence-electron chi connectivity index (χ3n) is 4.27. The van der Waals surface area contributed by atoms with Crippen LogP contribution >= 0.6 is 0 Å². The van der Waals surface area contributed by atoms with Crippen LogP contribution in [-0.4, -0.2) is 15.2 Å². The predicted octanol–water partition coefficient (Wildman–Crippen LogP) is 3.14. The number of aromatic nitrogens is 3. The molecule has 1 saturated carbocycles. The molecule has 4 nitrogen and oxygen atoms in total. The van der Waals surface area contributed by atoms with E-state index in [1.165, 1.54) is 25.7 Å². The van der Waals surface area contributed by atoms with Crippen molar-refractivity contribution in [2.24, 2.45) is 17.1 Å². The van der Waals surface area contributed by atoms with E-state index >= 15 is 0 Å². The first-order chi connectivity index (χ1) is 8.38. The van der Waals surface area contributed by atoms with E-state index in [9.17, 15) is 0 Å². The highest BCUT2D eigenvalue weighted by Gasteiger charge is 2.31. The zero-order valence-corrected chi connectivity index (χ0v) is 12.0. The van der Waals surface area contributed by atoms with Crippen molar-refractivity contribution in [1.82, 2.24) is 15.2 Å². The van der Waals surface area contributed by atoms with Crippen LogP contribution in [0.2, 0.25) is 0 Å². The van der Waals surface area contributed by atoms with Gasteiger partial charge in [-0.05, 0) is 43.9 Å².